The molecule has 0 radical (unpaired) electrons. The lowest BCUT2D eigenvalue weighted by atomic mass is 10.2. The standard InChI is InChI=1S/C9H2Br2F3N/c10-3-2-15-9-5(13)1-4(12)8(14)6(9)7(3)11/h1-2H. The Hall–Kier alpha value is -0.620. The van der Waals surface area contributed by atoms with Gasteiger partial charge in [-0.25, -0.2) is 13.2 Å². The van der Waals surface area contributed by atoms with Crippen LogP contribution in [0.5, 0.6) is 0 Å². The second kappa shape index (κ2) is 3.75. The zero-order valence-electron chi connectivity index (χ0n) is 6.99. The summed E-state index contributed by atoms with van der Waals surface area (Å²) in [7, 11) is 0. The fraction of sp³-hybridized carbons (Fsp3) is 0. The Labute approximate surface area is 99.6 Å². The van der Waals surface area contributed by atoms with Crippen LogP contribution in [0, 0.1) is 17.5 Å². The average Bonchev–Trinajstić information content (AvgIpc) is 2.19. The van der Waals surface area contributed by atoms with Crippen molar-refractivity contribution in [2.45, 2.75) is 0 Å². The highest BCUT2D eigenvalue weighted by Crippen LogP contribution is 2.33. The summed E-state index contributed by atoms with van der Waals surface area (Å²) in [6, 6.07) is 0.477. The molecule has 0 saturated heterocycles. The Balaban J connectivity index is 3.04. The summed E-state index contributed by atoms with van der Waals surface area (Å²) in [5.41, 5.74) is -0.205. The lowest BCUT2D eigenvalue weighted by molar-refractivity contribution is 0.505. The van der Waals surface area contributed by atoms with Crippen LogP contribution >= 0.6 is 31.9 Å². The van der Waals surface area contributed by atoms with Gasteiger partial charge in [-0.05, 0) is 31.9 Å². The molecule has 2 rings (SSSR count). The van der Waals surface area contributed by atoms with Gasteiger partial charge in [0.1, 0.15) is 5.52 Å². The third kappa shape index (κ3) is 1.65. The number of fused-ring (bicyclic) bond motifs is 1. The molecular weight excluding hydrogens is 339 g/mol. The molecule has 0 amide bonds. The minimum atomic E-state index is -1.24. The van der Waals surface area contributed by atoms with Gasteiger partial charge in [-0.1, -0.05) is 0 Å². The topological polar surface area (TPSA) is 12.9 Å². The molecule has 0 aliphatic carbocycles. The van der Waals surface area contributed by atoms with E-state index in [4.69, 9.17) is 0 Å². The summed E-state index contributed by atoms with van der Waals surface area (Å²) in [5, 5.41) is -0.207. The first-order valence-electron chi connectivity index (χ1n) is 3.79. The highest BCUT2D eigenvalue weighted by molar-refractivity contribution is 9.13. The summed E-state index contributed by atoms with van der Waals surface area (Å²) in [5.74, 6) is -3.25. The van der Waals surface area contributed by atoms with E-state index in [0.29, 0.717) is 10.5 Å². The summed E-state index contributed by atoms with van der Waals surface area (Å²) in [6.45, 7) is 0. The molecule has 1 heterocycles. The van der Waals surface area contributed by atoms with E-state index < -0.39 is 17.5 Å². The molecule has 0 saturated carbocycles. The molecule has 1 aromatic carbocycles. The Morgan fingerprint density at radius 3 is 2.40 bits per heavy atom. The van der Waals surface area contributed by atoms with E-state index in [1.165, 1.54) is 6.20 Å². The molecule has 0 aliphatic heterocycles. The molecule has 0 aliphatic rings. The minimum Gasteiger partial charge on any atom is -0.252 e. The summed E-state index contributed by atoms with van der Waals surface area (Å²) in [6.07, 6.45) is 1.31. The molecule has 0 bridgehead atoms. The van der Waals surface area contributed by atoms with E-state index in [0.717, 1.165) is 0 Å². The van der Waals surface area contributed by atoms with Crippen LogP contribution in [0.25, 0.3) is 10.9 Å². The summed E-state index contributed by atoms with van der Waals surface area (Å²) in [4.78, 5) is 3.68. The Kier molecular flexibility index (Phi) is 2.72. The van der Waals surface area contributed by atoms with E-state index in [1.807, 2.05) is 0 Å². The van der Waals surface area contributed by atoms with Gasteiger partial charge in [0, 0.05) is 16.7 Å². The van der Waals surface area contributed by atoms with Gasteiger partial charge < -0.3 is 0 Å². The van der Waals surface area contributed by atoms with Gasteiger partial charge in [-0.2, -0.15) is 0 Å². The average molecular weight is 341 g/mol. The molecule has 2 aromatic rings. The molecule has 0 unspecified atom stereocenters. The van der Waals surface area contributed by atoms with Crippen LogP contribution in [0.15, 0.2) is 21.2 Å². The van der Waals surface area contributed by atoms with E-state index in [-0.39, 0.29) is 15.4 Å². The fourth-order valence-electron chi connectivity index (χ4n) is 1.21. The van der Waals surface area contributed by atoms with Crippen LogP contribution in [-0.4, -0.2) is 4.98 Å². The SMILES string of the molecule is Fc1cc(F)c2ncc(Br)c(Br)c2c1F. The number of benzene rings is 1. The van der Waals surface area contributed by atoms with E-state index in [9.17, 15) is 13.2 Å². The molecule has 0 fully saturated rings. The minimum absolute atomic E-state index is 0.205. The van der Waals surface area contributed by atoms with Crippen molar-refractivity contribution in [1.29, 1.82) is 0 Å². The maximum absolute atomic E-state index is 13.4. The van der Waals surface area contributed by atoms with Crippen molar-refractivity contribution >= 4 is 42.8 Å². The van der Waals surface area contributed by atoms with Crippen LogP contribution in [-0.2, 0) is 0 Å². The smallest absolute Gasteiger partial charge is 0.169 e. The number of rotatable bonds is 0. The van der Waals surface area contributed by atoms with Gasteiger partial charge in [0.2, 0.25) is 0 Å². The monoisotopic (exact) mass is 339 g/mol. The molecule has 78 valence electrons. The first-order chi connectivity index (χ1) is 7.02. The third-order valence-corrected chi connectivity index (χ3v) is 3.84. The lowest BCUT2D eigenvalue weighted by Crippen LogP contribution is -1.94. The molecular formula is C9H2Br2F3N. The van der Waals surface area contributed by atoms with Crippen molar-refractivity contribution in [3.63, 3.8) is 0 Å². The Bertz CT molecular complexity index is 549. The predicted octanol–water partition coefficient (Wildman–Crippen LogP) is 4.18. The second-order valence-electron chi connectivity index (χ2n) is 2.80. The Morgan fingerprint density at radius 2 is 1.73 bits per heavy atom. The van der Waals surface area contributed by atoms with Gasteiger partial charge in [0.05, 0.1) is 9.86 Å². The largest absolute Gasteiger partial charge is 0.252 e. The zero-order valence-corrected chi connectivity index (χ0v) is 10.2. The molecule has 1 nitrogen and oxygen atoms in total. The van der Waals surface area contributed by atoms with E-state index in [1.54, 1.807) is 0 Å². The van der Waals surface area contributed by atoms with Crippen molar-refractivity contribution in [2.75, 3.05) is 0 Å². The first kappa shape index (κ1) is 10.9. The summed E-state index contributed by atoms with van der Waals surface area (Å²) < 4.78 is 40.2. The van der Waals surface area contributed by atoms with Crippen molar-refractivity contribution in [3.05, 3.63) is 38.7 Å². The molecule has 6 heteroatoms. The molecule has 1 aromatic heterocycles. The van der Waals surface area contributed by atoms with Gasteiger partial charge in [0.25, 0.3) is 0 Å². The lowest BCUT2D eigenvalue weighted by Gasteiger charge is -2.05. The van der Waals surface area contributed by atoms with Crippen molar-refractivity contribution in [3.8, 4) is 0 Å². The number of pyridine rings is 1. The second-order valence-corrected chi connectivity index (χ2v) is 4.45. The molecule has 15 heavy (non-hydrogen) atoms. The first-order valence-corrected chi connectivity index (χ1v) is 5.38. The van der Waals surface area contributed by atoms with Crippen LogP contribution in [0.2, 0.25) is 0 Å². The van der Waals surface area contributed by atoms with Gasteiger partial charge >= 0.3 is 0 Å². The van der Waals surface area contributed by atoms with Crippen LogP contribution in [0.3, 0.4) is 0 Å². The predicted molar refractivity (Wildman–Crippen MR) is 57.0 cm³/mol. The number of halogens is 5. The summed E-state index contributed by atoms with van der Waals surface area (Å²) >= 11 is 6.12. The highest BCUT2D eigenvalue weighted by Gasteiger charge is 2.17. The van der Waals surface area contributed by atoms with Crippen molar-refractivity contribution in [1.82, 2.24) is 4.98 Å². The van der Waals surface area contributed by atoms with Crippen molar-refractivity contribution < 1.29 is 13.2 Å². The highest BCUT2D eigenvalue weighted by atomic mass is 79.9. The number of nitrogens with zero attached hydrogens (tertiary/aromatic N) is 1. The fourth-order valence-corrected chi connectivity index (χ4v) is 1.97. The third-order valence-electron chi connectivity index (χ3n) is 1.88. The van der Waals surface area contributed by atoms with E-state index >= 15 is 0 Å². The van der Waals surface area contributed by atoms with Gasteiger partial charge in [-0.15, -0.1) is 0 Å². The maximum Gasteiger partial charge on any atom is 0.169 e. The van der Waals surface area contributed by atoms with Crippen LogP contribution in [0.4, 0.5) is 13.2 Å². The van der Waals surface area contributed by atoms with E-state index in [2.05, 4.69) is 36.8 Å². The van der Waals surface area contributed by atoms with Crippen LogP contribution in [0.1, 0.15) is 0 Å². The number of aromatic nitrogens is 1. The molecule has 0 atom stereocenters. The molecule has 0 spiro atoms. The van der Waals surface area contributed by atoms with Gasteiger partial charge in [0.15, 0.2) is 17.5 Å². The zero-order chi connectivity index (χ0) is 11.2. The van der Waals surface area contributed by atoms with Crippen LogP contribution < -0.4 is 0 Å². The molecule has 0 N–H and O–H groups in total. The van der Waals surface area contributed by atoms with Gasteiger partial charge in [-0.3, -0.25) is 4.98 Å². The quantitative estimate of drug-likeness (QED) is 0.656. The Morgan fingerprint density at radius 1 is 1.07 bits per heavy atom. The number of hydrogen-bond donors (Lipinski definition) is 0. The number of hydrogen-bond acceptors (Lipinski definition) is 1. The normalized spacial score (nSPS) is 11.0. The van der Waals surface area contributed by atoms with Crippen molar-refractivity contribution in [2.24, 2.45) is 0 Å². The maximum atomic E-state index is 13.4.